The van der Waals surface area contributed by atoms with Crippen molar-refractivity contribution >= 4 is 44.9 Å². The van der Waals surface area contributed by atoms with Gasteiger partial charge in [-0.25, -0.2) is 0 Å². The van der Waals surface area contributed by atoms with Crippen LogP contribution in [-0.4, -0.2) is 29.7 Å². The zero-order valence-electron chi connectivity index (χ0n) is 16.3. The molecule has 0 bridgehead atoms. The topological polar surface area (TPSA) is 55.8 Å². The molecule has 0 N–H and O–H groups in total. The van der Waals surface area contributed by atoms with E-state index in [2.05, 4.69) is 15.9 Å². The third-order valence-corrected chi connectivity index (χ3v) is 5.84. The van der Waals surface area contributed by atoms with Gasteiger partial charge >= 0.3 is 0 Å². The monoisotopic (exact) mass is 475 g/mol. The molecule has 2 aromatic rings. The van der Waals surface area contributed by atoms with Crippen molar-refractivity contribution in [2.45, 2.75) is 26.4 Å². The van der Waals surface area contributed by atoms with Crippen molar-refractivity contribution in [1.82, 2.24) is 4.90 Å². The third kappa shape index (κ3) is 5.42. The van der Waals surface area contributed by atoms with Crippen LogP contribution in [0.25, 0.3) is 6.08 Å². The Morgan fingerprint density at radius 3 is 2.55 bits per heavy atom. The molecule has 0 unspecified atom stereocenters. The number of carbonyl (C=O) groups excluding carboxylic acids is 2. The summed E-state index contributed by atoms with van der Waals surface area (Å²) in [5, 5.41) is -0.212. The van der Waals surface area contributed by atoms with E-state index in [1.807, 2.05) is 43.3 Å². The Kier molecular flexibility index (Phi) is 7.39. The van der Waals surface area contributed by atoms with E-state index >= 15 is 0 Å². The summed E-state index contributed by atoms with van der Waals surface area (Å²) in [6.07, 6.45) is 3.46. The van der Waals surface area contributed by atoms with Crippen LogP contribution in [-0.2, 0) is 11.4 Å². The van der Waals surface area contributed by atoms with Gasteiger partial charge in [-0.05, 0) is 59.7 Å². The van der Waals surface area contributed by atoms with Crippen molar-refractivity contribution in [3.8, 4) is 11.5 Å². The molecule has 1 fully saturated rings. The van der Waals surface area contributed by atoms with Gasteiger partial charge in [-0.2, -0.15) is 0 Å². The lowest BCUT2D eigenvalue weighted by atomic mass is 10.1. The second-order valence-corrected chi connectivity index (χ2v) is 8.42. The zero-order valence-corrected chi connectivity index (χ0v) is 18.7. The Balaban J connectivity index is 1.73. The highest BCUT2D eigenvalue weighted by molar-refractivity contribution is 9.10. The minimum atomic E-state index is -0.233. The van der Waals surface area contributed by atoms with Gasteiger partial charge in [-0.1, -0.05) is 47.5 Å². The molecule has 152 valence electrons. The van der Waals surface area contributed by atoms with Crippen LogP contribution >= 0.6 is 27.7 Å². The van der Waals surface area contributed by atoms with Crippen LogP contribution < -0.4 is 9.47 Å². The smallest absolute Gasteiger partial charge is 0.293 e. The molecule has 29 heavy (non-hydrogen) atoms. The summed E-state index contributed by atoms with van der Waals surface area (Å²) in [6, 6.07) is 13.4. The van der Waals surface area contributed by atoms with Gasteiger partial charge < -0.3 is 9.47 Å². The standard InChI is InChI=1S/C22H22BrNO4S/c1-3-4-11-24-21(25)20(29-22(24)26)13-16-7-10-18(19(12-16)27-2)28-14-15-5-8-17(23)9-6-15/h5-10,12-13H,3-4,11,14H2,1-2H3/b20-13-. The van der Waals surface area contributed by atoms with Gasteiger partial charge in [0.1, 0.15) is 6.61 Å². The summed E-state index contributed by atoms with van der Waals surface area (Å²) < 4.78 is 12.3. The molecule has 7 heteroatoms. The molecule has 2 amide bonds. The summed E-state index contributed by atoms with van der Waals surface area (Å²) in [6.45, 7) is 2.91. The van der Waals surface area contributed by atoms with E-state index in [9.17, 15) is 9.59 Å². The number of halogens is 1. The van der Waals surface area contributed by atoms with Gasteiger partial charge in [0.25, 0.3) is 11.1 Å². The number of imide groups is 1. The normalized spacial score (nSPS) is 15.3. The van der Waals surface area contributed by atoms with E-state index < -0.39 is 0 Å². The van der Waals surface area contributed by atoms with Crippen LogP contribution in [0, 0.1) is 0 Å². The van der Waals surface area contributed by atoms with Gasteiger partial charge in [-0.15, -0.1) is 0 Å². The van der Waals surface area contributed by atoms with Crippen molar-refractivity contribution < 1.29 is 19.1 Å². The van der Waals surface area contributed by atoms with E-state index in [-0.39, 0.29) is 11.1 Å². The van der Waals surface area contributed by atoms with E-state index in [0.717, 1.165) is 40.2 Å². The minimum Gasteiger partial charge on any atom is -0.493 e. The van der Waals surface area contributed by atoms with Crippen LogP contribution in [0.3, 0.4) is 0 Å². The molecule has 5 nitrogen and oxygen atoms in total. The Morgan fingerprint density at radius 2 is 1.86 bits per heavy atom. The molecule has 1 saturated heterocycles. The lowest BCUT2D eigenvalue weighted by Gasteiger charge is -2.12. The number of thioether (sulfide) groups is 1. The Labute approximate surface area is 183 Å². The molecule has 1 heterocycles. The largest absolute Gasteiger partial charge is 0.493 e. The summed E-state index contributed by atoms with van der Waals surface area (Å²) >= 11 is 4.39. The van der Waals surface area contributed by atoms with Gasteiger partial charge in [0.2, 0.25) is 0 Å². The average Bonchev–Trinajstić information content (AvgIpc) is 2.99. The van der Waals surface area contributed by atoms with Crippen molar-refractivity contribution in [1.29, 1.82) is 0 Å². The number of nitrogens with zero attached hydrogens (tertiary/aromatic N) is 1. The first-order valence-electron chi connectivity index (χ1n) is 9.32. The Hall–Kier alpha value is -2.25. The summed E-state index contributed by atoms with van der Waals surface area (Å²) in [5.41, 5.74) is 1.82. The molecule has 0 atom stereocenters. The number of carbonyl (C=O) groups is 2. The van der Waals surface area contributed by atoms with E-state index in [4.69, 9.17) is 9.47 Å². The van der Waals surface area contributed by atoms with Gasteiger partial charge in [0.05, 0.1) is 12.0 Å². The number of hydrogen-bond acceptors (Lipinski definition) is 5. The maximum absolute atomic E-state index is 12.5. The molecule has 3 rings (SSSR count). The highest BCUT2D eigenvalue weighted by Crippen LogP contribution is 2.35. The van der Waals surface area contributed by atoms with Crippen molar-refractivity contribution in [3.05, 3.63) is 63.0 Å². The molecular formula is C22H22BrNO4S. The van der Waals surface area contributed by atoms with Gasteiger partial charge in [0, 0.05) is 11.0 Å². The van der Waals surface area contributed by atoms with Crippen LogP contribution in [0.2, 0.25) is 0 Å². The number of unbranched alkanes of at least 4 members (excludes halogenated alkanes) is 1. The summed E-state index contributed by atoms with van der Waals surface area (Å²) in [7, 11) is 1.57. The molecule has 0 spiro atoms. The molecular weight excluding hydrogens is 454 g/mol. The fourth-order valence-electron chi connectivity index (χ4n) is 2.80. The fraction of sp³-hybridized carbons (Fsp3) is 0.273. The predicted molar refractivity (Wildman–Crippen MR) is 119 cm³/mol. The zero-order chi connectivity index (χ0) is 20.8. The maximum Gasteiger partial charge on any atom is 0.293 e. The molecule has 0 saturated carbocycles. The first-order chi connectivity index (χ1) is 14.0. The van der Waals surface area contributed by atoms with E-state index in [0.29, 0.717) is 29.6 Å². The number of benzene rings is 2. The number of rotatable bonds is 8. The van der Waals surface area contributed by atoms with Crippen molar-refractivity contribution in [3.63, 3.8) is 0 Å². The quantitative estimate of drug-likeness (QED) is 0.446. The highest BCUT2D eigenvalue weighted by atomic mass is 79.9. The number of methoxy groups -OCH3 is 1. The number of amides is 2. The molecule has 0 aliphatic carbocycles. The van der Waals surface area contributed by atoms with E-state index in [1.54, 1.807) is 19.3 Å². The van der Waals surface area contributed by atoms with Crippen LogP contribution in [0.5, 0.6) is 11.5 Å². The first-order valence-corrected chi connectivity index (χ1v) is 10.9. The number of hydrogen-bond donors (Lipinski definition) is 0. The third-order valence-electron chi connectivity index (χ3n) is 4.40. The SMILES string of the molecule is CCCCN1C(=O)S/C(=C\c2ccc(OCc3ccc(Br)cc3)c(OC)c2)C1=O. The molecule has 1 aliphatic heterocycles. The summed E-state index contributed by atoms with van der Waals surface area (Å²) in [4.78, 5) is 26.3. The Morgan fingerprint density at radius 1 is 1.10 bits per heavy atom. The van der Waals surface area contributed by atoms with Crippen molar-refractivity contribution in [2.75, 3.05) is 13.7 Å². The second kappa shape index (κ2) is 9.98. The second-order valence-electron chi connectivity index (χ2n) is 6.51. The van der Waals surface area contributed by atoms with Crippen molar-refractivity contribution in [2.24, 2.45) is 0 Å². The molecule has 0 aromatic heterocycles. The van der Waals surface area contributed by atoms with Gasteiger partial charge in [0.15, 0.2) is 11.5 Å². The lowest BCUT2D eigenvalue weighted by Crippen LogP contribution is -2.29. The lowest BCUT2D eigenvalue weighted by molar-refractivity contribution is -0.122. The van der Waals surface area contributed by atoms with Gasteiger partial charge in [-0.3, -0.25) is 14.5 Å². The minimum absolute atomic E-state index is 0.212. The molecule has 0 radical (unpaired) electrons. The van der Waals surface area contributed by atoms with Crippen LogP contribution in [0.4, 0.5) is 4.79 Å². The fourth-order valence-corrected chi connectivity index (χ4v) is 3.92. The maximum atomic E-state index is 12.5. The van der Waals surface area contributed by atoms with Crippen LogP contribution in [0.15, 0.2) is 51.8 Å². The number of ether oxygens (including phenoxy) is 2. The van der Waals surface area contributed by atoms with E-state index in [1.165, 1.54) is 4.90 Å². The molecule has 2 aromatic carbocycles. The molecule has 1 aliphatic rings. The Bertz CT molecular complexity index is 927. The average molecular weight is 476 g/mol. The predicted octanol–water partition coefficient (Wildman–Crippen LogP) is 5.87. The first kappa shape index (κ1) is 21.5. The summed E-state index contributed by atoms with van der Waals surface area (Å²) in [5.74, 6) is 0.952. The van der Waals surface area contributed by atoms with Crippen LogP contribution in [0.1, 0.15) is 30.9 Å². The highest BCUT2D eigenvalue weighted by Gasteiger charge is 2.34.